The smallest absolute Gasteiger partial charge is 0.381 e. The summed E-state index contributed by atoms with van der Waals surface area (Å²) in [6.07, 6.45) is -3.14. The number of hydrogen-bond acceptors (Lipinski definition) is 2. The number of nitrogens with one attached hydrogen (secondary N) is 1. The highest BCUT2D eigenvalue weighted by Crippen LogP contribution is 2.33. The molecule has 106 valence electrons. The Kier molecular flexibility index (Phi) is 4.64. The molecule has 0 aromatic rings. The Balaban J connectivity index is 2.69. The Morgan fingerprint density at radius 2 is 1.94 bits per heavy atom. The summed E-state index contributed by atoms with van der Waals surface area (Å²) in [5, 5.41) is 2.12. The molecule has 18 heavy (non-hydrogen) atoms. The third-order valence-electron chi connectivity index (χ3n) is 3.01. The van der Waals surface area contributed by atoms with E-state index in [-0.39, 0.29) is 6.61 Å². The Morgan fingerprint density at radius 3 is 2.33 bits per heavy atom. The lowest BCUT2D eigenvalue weighted by atomic mass is 9.85. The summed E-state index contributed by atoms with van der Waals surface area (Å²) < 4.78 is 43.8. The standard InChI is InChI=1S/C12H20F3NO2/c1-11(2,3)10(12(13,14)15)16-9(17)8-5-4-6-18-7-8/h8,10H,4-7H2,1-3H3,(H,16,17)/t8-,10-/m0/s1. The van der Waals surface area contributed by atoms with Crippen molar-refractivity contribution in [3.63, 3.8) is 0 Å². The molecule has 0 spiro atoms. The lowest BCUT2D eigenvalue weighted by Crippen LogP contribution is -2.55. The van der Waals surface area contributed by atoms with Crippen molar-refractivity contribution < 1.29 is 22.7 Å². The van der Waals surface area contributed by atoms with E-state index in [1.807, 2.05) is 0 Å². The molecule has 1 fully saturated rings. The van der Waals surface area contributed by atoms with E-state index in [0.29, 0.717) is 19.4 Å². The van der Waals surface area contributed by atoms with Gasteiger partial charge in [-0.15, -0.1) is 0 Å². The normalized spacial score (nSPS) is 23.6. The predicted molar refractivity (Wildman–Crippen MR) is 61.0 cm³/mol. The van der Waals surface area contributed by atoms with E-state index in [9.17, 15) is 18.0 Å². The molecule has 1 heterocycles. The first kappa shape index (κ1) is 15.3. The van der Waals surface area contributed by atoms with E-state index in [1.54, 1.807) is 0 Å². The first-order valence-corrected chi connectivity index (χ1v) is 6.07. The van der Waals surface area contributed by atoms with Crippen molar-refractivity contribution in [3.8, 4) is 0 Å². The SMILES string of the molecule is CC(C)(C)[C@H](NC(=O)[C@H]1CCCOC1)C(F)(F)F. The summed E-state index contributed by atoms with van der Waals surface area (Å²) >= 11 is 0. The maximum Gasteiger partial charge on any atom is 0.409 e. The topological polar surface area (TPSA) is 38.3 Å². The molecule has 0 unspecified atom stereocenters. The van der Waals surface area contributed by atoms with E-state index in [4.69, 9.17) is 4.74 Å². The second kappa shape index (κ2) is 5.47. The fourth-order valence-electron chi connectivity index (χ4n) is 2.00. The van der Waals surface area contributed by atoms with Gasteiger partial charge in [0.25, 0.3) is 0 Å². The molecule has 1 rings (SSSR count). The number of carbonyl (C=O) groups is 1. The minimum atomic E-state index is -4.44. The van der Waals surface area contributed by atoms with Gasteiger partial charge in [-0.2, -0.15) is 13.2 Å². The molecule has 0 radical (unpaired) electrons. The number of rotatable bonds is 2. The molecular formula is C12H20F3NO2. The zero-order valence-electron chi connectivity index (χ0n) is 10.9. The van der Waals surface area contributed by atoms with Crippen LogP contribution in [-0.4, -0.2) is 31.3 Å². The molecule has 2 atom stereocenters. The summed E-state index contributed by atoms with van der Waals surface area (Å²) in [4.78, 5) is 11.8. The molecule has 1 amide bonds. The molecule has 0 saturated carbocycles. The van der Waals surface area contributed by atoms with Gasteiger partial charge in [0.2, 0.25) is 5.91 Å². The van der Waals surface area contributed by atoms with Crippen LogP contribution in [0, 0.1) is 11.3 Å². The highest BCUT2D eigenvalue weighted by atomic mass is 19.4. The first-order chi connectivity index (χ1) is 8.12. The molecule has 1 saturated heterocycles. The quantitative estimate of drug-likeness (QED) is 0.835. The average Bonchev–Trinajstić information content (AvgIpc) is 2.23. The predicted octanol–water partition coefficient (Wildman–Crippen LogP) is 2.51. The van der Waals surface area contributed by atoms with Crippen LogP contribution in [0.15, 0.2) is 0 Å². The third-order valence-corrected chi connectivity index (χ3v) is 3.01. The third kappa shape index (κ3) is 4.15. The lowest BCUT2D eigenvalue weighted by molar-refractivity contribution is -0.182. The van der Waals surface area contributed by atoms with Gasteiger partial charge in [0.05, 0.1) is 12.5 Å². The van der Waals surface area contributed by atoms with Crippen LogP contribution in [-0.2, 0) is 9.53 Å². The van der Waals surface area contributed by atoms with Gasteiger partial charge in [-0.25, -0.2) is 0 Å². The van der Waals surface area contributed by atoms with E-state index in [1.165, 1.54) is 20.8 Å². The number of hydrogen-bond donors (Lipinski definition) is 1. The number of amides is 1. The molecule has 1 aliphatic rings. The van der Waals surface area contributed by atoms with Crippen molar-refractivity contribution in [2.45, 2.75) is 45.8 Å². The molecule has 0 bridgehead atoms. The van der Waals surface area contributed by atoms with Gasteiger partial charge >= 0.3 is 6.18 Å². The van der Waals surface area contributed by atoms with Gasteiger partial charge in [0, 0.05) is 6.61 Å². The highest BCUT2D eigenvalue weighted by Gasteiger charge is 2.48. The minimum absolute atomic E-state index is 0.209. The minimum Gasteiger partial charge on any atom is -0.381 e. The number of ether oxygens (including phenoxy) is 1. The number of halogens is 3. The van der Waals surface area contributed by atoms with Gasteiger partial charge in [-0.1, -0.05) is 20.8 Å². The molecule has 0 aliphatic carbocycles. The second-order valence-corrected chi connectivity index (χ2v) is 5.76. The van der Waals surface area contributed by atoms with E-state index in [2.05, 4.69) is 5.32 Å². The molecule has 3 nitrogen and oxygen atoms in total. The Morgan fingerprint density at radius 1 is 1.33 bits per heavy atom. The summed E-state index contributed by atoms with van der Waals surface area (Å²) in [5.74, 6) is -1.03. The summed E-state index contributed by atoms with van der Waals surface area (Å²) in [6, 6.07) is -1.83. The largest absolute Gasteiger partial charge is 0.409 e. The molecule has 1 aliphatic heterocycles. The van der Waals surface area contributed by atoms with Crippen molar-refractivity contribution >= 4 is 5.91 Å². The van der Waals surface area contributed by atoms with Crippen LogP contribution in [0.3, 0.4) is 0 Å². The zero-order chi connectivity index (χ0) is 14.0. The number of alkyl halides is 3. The molecule has 0 aromatic heterocycles. The van der Waals surface area contributed by atoms with Crippen LogP contribution in [0.5, 0.6) is 0 Å². The summed E-state index contributed by atoms with van der Waals surface area (Å²) in [5.41, 5.74) is -1.07. The van der Waals surface area contributed by atoms with Crippen LogP contribution < -0.4 is 5.32 Å². The van der Waals surface area contributed by atoms with Crippen molar-refractivity contribution in [2.75, 3.05) is 13.2 Å². The van der Waals surface area contributed by atoms with Crippen molar-refractivity contribution in [3.05, 3.63) is 0 Å². The average molecular weight is 267 g/mol. The summed E-state index contributed by atoms with van der Waals surface area (Å²) in [7, 11) is 0. The number of carbonyl (C=O) groups excluding carboxylic acids is 1. The first-order valence-electron chi connectivity index (χ1n) is 6.07. The molecule has 6 heteroatoms. The van der Waals surface area contributed by atoms with E-state index in [0.717, 1.165) is 0 Å². The molecular weight excluding hydrogens is 247 g/mol. The molecule has 1 N–H and O–H groups in total. The van der Waals surface area contributed by atoms with E-state index < -0.39 is 29.5 Å². The van der Waals surface area contributed by atoms with Gasteiger partial charge < -0.3 is 10.1 Å². The van der Waals surface area contributed by atoms with Gasteiger partial charge in [-0.05, 0) is 18.3 Å². The Hall–Kier alpha value is -0.780. The van der Waals surface area contributed by atoms with Crippen LogP contribution in [0.1, 0.15) is 33.6 Å². The maximum absolute atomic E-state index is 12.9. The van der Waals surface area contributed by atoms with Crippen LogP contribution in [0.4, 0.5) is 13.2 Å². The van der Waals surface area contributed by atoms with Crippen LogP contribution in [0.25, 0.3) is 0 Å². The van der Waals surface area contributed by atoms with Crippen LogP contribution >= 0.6 is 0 Å². The fourth-order valence-corrected chi connectivity index (χ4v) is 2.00. The fraction of sp³-hybridized carbons (Fsp3) is 0.917. The Bertz CT molecular complexity index is 277. The molecule has 0 aromatic carbocycles. The Labute approximate surface area is 105 Å². The van der Waals surface area contributed by atoms with Crippen molar-refractivity contribution in [2.24, 2.45) is 11.3 Å². The zero-order valence-corrected chi connectivity index (χ0v) is 10.9. The second-order valence-electron chi connectivity index (χ2n) is 5.76. The van der Waals surface area contributed by atoms with Crippen molar-refractivity contribution in [1.82, 2.24) is 5.32 Å². The highest BCUT2D eigenvalue weighted by molar-refractivity contribution is 5.79. The monoisotopic (exact) mass is 267 g/mol. The van der Waals surface area contributed by atoms with Crippen molar-refractivity contribution in [1.29, 1.82) is 0 Å². The lowest BCUT2D eigenvalue weighted by Gasteiger charge is -2.34. The van der Waals surface area contributed by atoms with E-state index >= 15 is 0 Å². The van der Waals surface area contributed by atoms with Gasteiger partial charge in [-0.3, -0.25) is 4.79 Å². The van der Waals surface area contributed by atoms with Gasteiger partial charge in [0.1, 0.15) is 6.04 Å². The van der Waals surface area contributed by atoms with Crippen LogP contribution in [0.2, 0.25) is 0 Å². The van der Waals surface area contributed by atoms with Gasteiger partial charge in [0.15, 0.2) is 0 Å². The summed E-state index contributed by atoms with van der Waals surface area (Å²) in [6.45, 7) is 5.17. The maximum atomic E-state index is 12.9.